The van der Waals surface area contributed by atoms with Gasteiger partial charge in [0.1, 0.15) is 12.8 Å². The summed E-state index contributed by atoms with van der Waals surface area (Å²) in [7, 11) is 0. The summed E-state index contributed by atoms with van der Waals surface area (Å²) in [6, 6.07) is 14.8. The van der Waals surface area contributed by atoms with Crippen molar-refractivity contribution in [2.75, 3.05) is 13.2 Å². The third kappa shape index (κ3) is 4.79. The minimum absolute atomic E-state index is 0.449. The first-order valence-corrected chi connectivity index (χ1v) is 9.63. The normalized spacial score (nSPS) is 18.6. The maximum Gasteiger partial charge on any atom is 0.253 e. The lowest BCUT2D eigenvalue weighted by molar-refractivity contribution is -0.121. The van der Waals surface area contributed by atoms with Crippen LogP contribution >= 0.6 is 23.2 Å². The quantitative estimate of drug-likeness (QED) is 0.610. The number of amides is 1. The molecular weight excluding hydrogens is 390 g/mol. The van der Waals surface area contributed by atoms with E-state index in [1.54, 1.807) is 12.1 Å². The van der Waals surface area contributed by atoms with Crippen molar-refractivity contribution >= 4 is 29.1 Å². The Morgan fingerprint density at radius 1 is 1.15 bits per heavy atom. The summed E-state index contributed by atoms with van der Waals surface area (Å²) >= 11 is 10.9. The van der Waals surface area contributed by atoms with Crippen molar-refractivity contribution in [3.05, 3.63) is 59.7 Å². The highest BCUT2D eigenvalue weighted by Gasteiger charge is 2.25. The number of hydrogen-bond acceptors (Lipinski definition) is 3. The van der Waals surface area contributed by atoms with E-state index in [-0.39, 0.29) is 0 Å². The molecule has 4 nitrogen and oxygen atoms in total. The third-order valence-electron chi connectivity index (χ3n) is 4.80. The number of benzene rings is 2. The molecule has 7 heteroatoms. The van der Waals surface area contributed by atoms with Crippen molar-refractivity contribution in [2.24, 2.45) is 0 Å². The van der Waals surface area contributed by atoms with Crippen molar-refractivity contribution in [1.82, 2.24) is 10.6 Å². The van der Waals surface area contributed by atoms with Gasteiger partial charge in [0.2, 0.25) is 0 Å². The Balaban J connectivity index is 1.69. The van der Waals surface area contributed by atoms with Gasteiger partial charge in [-0.05, 0) is 35.2 Å². The molecule has 3 unspecified atom stereocenters. The smallest absolute Gasteiger partial charge is 0.253 e. The highest BCUT2D eigenvalue weighted by atomic mass is 35.5. The van der Waals surface area contributed by atoms with E-state index in [0.717, 1.165) is 24.1 Å². The van der Waals surface area contributed by atoms with Crippen molar-refractivity contribution in [1.29, 1.82) is 0 Å². The van der Waals surface area contributed by atoms with Crippen molar-refractivity contribution in [3.63, 3.8) is 0 Å². The molecule has 0 spiro atoms. The molecule has 0 aromatic heterocycles. The number of halogens is 3. The van der Waals surface area contributed by atoms with E-state index in [1.165, 1.54) is 5.56 Å². The van der Waals surface area contributed by atoms with Crippen LogP contribution in [0.1, 0.15) is 29.7 Å². The van der Waals surface area contributed by atoms with E-state index in [1.807, 2.05) is 12.1 Å². The fourth-order valence-corrected chi connectivity index (χ4v) is 3.16. The molecule has 0 aliphatic carbocycles. The van der Waals surface area contributed by atoms with Crippen LogP contribution in [-0.2, 0) is 4.79 Å². The van der Waals surface area contributed by atoms with E-state index in [2.05, 4.69) is 34.9 Å². The summed E-state index contributed by atoms with van der Waals surface area (Å²) in [4.78, 5) is 10.2. The first-order valence-electron chi connectivity index (χ1n) is 8.76. The van der Waals surface area contributed by atoms with Gasteiger partial charge in [0.25, 0.3) is 5.91 Å². The number of aliphatic hydroxyl groups is 1. The van der Waals surface area contributed by atoms with Crippen LogP contribution in [0.3, 0.4) is 0 Å². The topological polar surface area (TPSA) is 61.4 Å². The second-order valence-corrected chi connectivity index (χ2v) is 7.65. The standard InChI is InChI=1S/C20H21Cl2FN2O2/c21-19(22)20(27)25-17(11-23)18(26)15-7-3-13(4-8-15)12-1-5-14(6-2-12)16-9-10-24-16/h1-8,16-19,24,26H,9-11H2,(H,25,27). The summed E-state index contributed by atoms with van der Waals surface area (Å²) < 4.78 is 13.2. The largest absolute Gasteiger partial charge is 0.386 e. The van der Waals surface area contributed by atoms with Gasteiger partial charge in [-0.15, -0.1) is 0 Å². The zero-order chi connectivity index (χ0) is 19.4. The molecule has 2 aromatic carbocycles. The van der Waals surface area contributed by atoms with Crippen molar-refractivity contribution in [2.45, 2.75) is 29.4 Å². The van der Waals surface area contributed by atoms with E-state index in [0.29, 0.717) is 11.6 Å². The summed E-state index contributed by atoms with van der Waals surface area (Å²) in [5.41, 5.74) is 3.82. The van der Waals surface area contributed by atoms with Crippen LogP contribution in [0.4, 0.5) is 4.39 Å². The monoisotopic (exact) mass is 410 g/mol. The molecule has 1 aliphatic heterocycles. The number of carbonyl (C=O) groups excluding carboxylic acids is 1. The first-order chi connectivity index (χ1) is 13.0. The molecule has 27 heavy (non-hydrogen) atoms. The van der Waals surface area contributed by atoms with Gasteiger partial charge in [0.15, 0.2) is 4.84 Å². The fraction of sp³-hybridized carbons (Fsp3) is 0.350. The molecule has 144 valence electrons. The average molecular weight is 411 g/mol. The van der Waals surface area contributed by atoms with Crippen LogP contribution in [0.5, 0.6) is 0 Å². The van der Waals surface area contributed by atoms with E-state index in [4.69, 9.17) is 23.2 Å². The highest BCUT2D eigenvalue weighted by Crippen LogP contribution is 2.27. The van der Waals surface area contributed by atoms with Crippen LogP contribution in [0.15, 0.2) is 48.5 Å². The molecule has 1 fully saturated rings. The molecule has 3 atom stereocenters. The van der Waals surface area contributed by atoms with Gasteiger partial charge in [0, 0.05) is 6.04 Å². The van der Waals surface area contributed by atoms with Gasteiger partial charge in [-0.2, -0.15) is 0 Å². The number of rotatable bonds is 7. The Bertz CT molecular complexity index is 765. The number of alkyl halides is 3. The van der Waals surface area contributed by atoms with Crippen LogP contribution < -0.4 is 10.6 Å². The maximum atomic E-state index is 13.2. The van der Waals surface area contributed by atoms with Gasteiger partial charge >= 0.3 is 0 Å². The summed E-state index contributed by atoms with van der Waals surface area (Å²) in [6.45, 7) is 0.124. The molecule has 1 saturated heterocycles. The molecule has 1 amide bonds. The van der Waals surface area contributed by atoms with Crippen molar-refractivity contribution in [3.8, 4) is 11.1 Å². The van der Waals surface area contributed by atoms with Crippen molar-refractivity contribution < 1.29 is 14.3 Å². The van der Waals surface area contributed by atoms with E-state index < -0.39 is 29.6 Å². The molecule has 2 aromatic rings. The lowest BCUT2D eigenvalue weighted by atomic mass is 9.94. The van der Waals surface area contributed by atoms with Crippen LogP contribution in [0, 0.1) is 0 Å². The van der Waals surface area contributed by atoms with Gasteiger partial charge in [0.05, 0.1) is 6.04 Å². The van der Waals surface area contributed by atoms with Crippen LogP contribution in [0.25, 0.3) is 11.1 Å². The Hall–Kier alpha value is -1.66. The minimum Gasteiger partial charge on any atom is -0.386 e. The Labute approximate surface area is 167 Å². The number of carbonyl (C=O) groups is 1. The Kier molecular flexibility index (Phi) is 6.71. The predicted molar refractivity (Wildman–Crippen MR) is 106 cm³/mol. The maximum absolute atomic E-state index is 13.2. The number of nitrogens with one attached hydrogen (secondary N) is 2. The average Bonchev–Trinajstić information content (AvgIpc) is 2.64. The molecule has 0 radical (unpaired) electrons. The number of aliphatic hydroxyl groups excluding tert-OH is 1. The molecule has 3 rings (SSSR count). The molecule has 3 N–H and O–H groups in total. The molecule has 1 heterocycles. The lowest BCUT2D eigenvalue weighted by Gasteiger charge is -2.28. The predicted octanol–water partition coefficient (Wildman–Crippen LogP) is 3.68. The van der Waals surface area contributed by atoms with E-state index >= 15 is 0 Å². The van der Waals surface area contributed by atoms with Crippen LogP contribution in [0.2, 0.25) is 0 Å². The van der Waals surface area contributed by atoms with Gasteiger partial charge in [-0.25, -0.2) is 4.39 Å². The second-order valence-electron chi connectivity index (χ2n) is 6.55. The second kappa shape index (κ2) is 9.02. The molecule has 0 saturated carbocycles. The Morgan fingerprint density at radius 2 is 1.70 bits per heavy atom. The van der Waals surface area contributed by atoms with E-state index in [9.17, 15) is 14.3 Å². The van der Waals surface area contributed by atoms with Gasteiger partial charge < -0.3 is 15.7 Å². The third-order valence-corrected chi connectivity index (χ3v) is 5.19. The zero-order valence-corrected chi connectivity index (χ0v) is 16.1. The number of hydrogen-bond donors (Lipinski definition) is 3. The fourth-order valence-electron chi connectivity index (χ4n) is 3.03. The minimum atomic E-state index is -1.31. The SMILES string of the molecule is O=C(NC(CF)C(O)c1ccc(-c2ccc(C3CCN3)cc2)cc1)C(Cl)Cl. The highest BCUT2D eigenvalue weighted by molar-refractivity contribution is 6.53. The molecule has 0 bridgehead atoms. The van der Waals surface area contributed by atoms with Crippen LogP contribution in [-0.4, -0.2) is 35.1 Å². The summed E-state index contributed by atoms with van der Waals surface area (Å²) in [6.07, 6.45) is -0.0426. The lowest BCUT2D eigenvalue weighted by Crippen LogP contribution is -2.43. The molecule has 1 aliphatic rings. The first kappa shape index (κ1) is 20.1. The zero-order valence-electron chi connectivity index (χ0n) is 14.5. The summed E-state index contributed by atoms with van der Waals surface area (Å²) in [5, 5.41) is 16.0. The Morgan fingerprint density at radius 3 is 2.15 bits per heavy atom. The van der Waals surface area contributed by atoms with Gasteiger partial charge in [-0.3, -0.25) is 4.79 Å². The van der Waals surface area contributed by atoms with Gasteiger partial charge in [-0.1, -0.05) is 71.7 Å². The summed E-state index contributed by atoms with van der Waals surface area (Å²) in [5.74, 6) is -0.738. The molecular formula is C20H21Cl2FN2O2.